The molecule has 0 aliphatic heterocycles. The van der Waals surface area contributed by atoms with Crippen LogP contribution in [0.4, 0.5) is 11.6 Å². The largest absolute Gasteiger partial charge is 0.352 e. The van der Waals surface area contributed by atoms with E-state index < -0.39 is 10.0 Å². The number of sulfonamides is 1. The Balaban J connectivity index is 1.08. The fourth-order valence-electron chi connectivity index (χ4n) is 7.38. The Hall–Kier alpha value is -3.90. The molecule has 4 bridgehead atoms. The zero-order chi connectivity index (χ0) is 27.5. The van der Waals surface area contributed by atoms with Gasteiger partial charge in [-0.05, 0) is 98.2 Å². The molecular formula is C28H30N8O3S. The van der Waals surface area contributed by atoms with Gasteiger partial charge in [0.15, 0.2) is 11.2 Å². The van der Waals surface area contributed by atoms with Crippen LogP contribution in [-0.2, 0) is 21.4 Å². The lowest BCUT2D eigenvalue weighted by Crippen LogP contribution is -2.53. The van der Waals surface area contributed by atoms with Crippen LogP contribution in [0.1, 0.15) is 44.1 Å². The molecule has 11 nitrogen and oxygen atoms in total. The minimum Gasteiger partial charge on any atom is -0.352 e. The molecule has 0 spiro atoms. The molecule has 4 aromatic rings. The third-order valence-corrected chi connectivity index (χ3v) is 9.69. The van der Waals surface area contributed by atoms with Crippen LogP contribution in [0.2, 0.25) is 0 Å². The summed E-state index contributed by atoms with van der Waals surface area (Å²) < 4.78 is 24.7. The van der Waals surface area contributed by atoms with Crippen molar-refractivity contribution < 1.29 is 13.2 Å². The molecule has 1 amide bonds. The van der Waals surface area contributed by atoms with Gasteiger partial charge in [-0.2, -0.15) is 9.67 Å². The summed E-state index contributed by atoms with van der Waals surface area (Å²) in [5.74, 6) is 2.69. The first-order chi connectivity index (χ1) is 19.2. The Morgan fingerprint density at radius 3 is 2.40 bits per heavy atom. The molecule has 206 valence electrons. The summed E-state index contributed by atoms with van der Waals surface area (Å²) in [5.41, 5.74) is 3.20. The van der Waals surface area contributed by atoms with Crippen LogP contribution in [0.25, 0.3) is 16.9 Å². The van der Waals surface area contributed by atoms with E-state index in [4.69, 9.17) is 5.14 Å². The van der Waals surface area contributed by atoms with Crippen LogP contribution in [0.3, 0.4) is 0 Å². The Morgan fingerprint density at radius 1 is 1.02 bits per heavy atom. The maximum absolute atomic E-state index is 13.4. The van der Waals surface area contributed by atoms with E-state index in [2.05, 4.69) is 30.9 Å². The highest BCUT2D eigenvalue weighted by atomic mass is 32.2. The van der Waals surface area contributed by atoms with Gasteiger partial charge in [0.25, 0.3) is 0 Å². The highest BCUT2D eigenvalue weighted by Gasteiger charge is 2.54. The summed E-state index contributed by atoms with van der Waals surface area (Å²) in [6, 6.07) is 13.8. The first-order valence-electron chi connectivity index (χ1n) is 13.6. The van der Waals surface area contributed by atoms with Crippen molar-refractivity contribution in [3.05, 3.63) is 60.3 Å². The van der Waals surface area contributed by atoms with Gasteiger partial charge in [-0.1, -0.05) is 17.3 Å². The van der Waals surface area contributed by atoms with E-state index in [1.54, 1.807) is 23.0 Å². The molecule has 0 radical (unpaired) electrons. The Labute approximate surface area is 231 Å². The van der Waals surface area contributed by atoms with E-state index in [9.17, 15) is 13.2 Å². The average molecular weight is 559 g/mol. The number of primary sulfonamides is 1. The van der Waals surface area contributed by atoms with Crippen molar-refractivity contribution in [1.82, 2.24) is 30.3 Å². The second-order valence-corrected chi connectivity index (χ2v) is 13.2. The standard InChI is InChI=1S/C28H30N8O3S/c29-40(38,39)23-6-4-21(5-7-23)32-27-31-16-24-25(33-27)36(35-34-24)22-3-1-2-17(11-22)15-30-26(37)28-12-18-8-19(13-28)10-20(9-18)14-28/h1-7,11,16,18-20H,8-10,12-15H2,(H,30,37)(H2,29,38,39)(H,31,32,33). The van der Waals surface area contributed by atoms with E-state index in [0.717, 1.165) is 48.3 Å². The van der Waals surface area contributed by atoms with Gasteiger partial charge in [0.2, 0.25) is 21.9 Å². The molecule has 40 heavy (non-hydrogen) atoms. The SMILES string of the molecule is NS(=O)(=O)c1ccc(Nc2ncc3nnn(-c4cccc(CNC(=O)C56CC7CC(CC(C7)C5)C6)c4)c3n2)cc1. The van der Waals surface area contributed by atoms with E-state index in [1.165, 1.54) is 31.4 Å². The molecule has 2 aromatic heterocycles. The second-order valence-electron chi connectivity index (χ2n) is 11.6. The summed E-state index contributed by atoms with van der Waals surface area (Å²) in [7, 11) is -3.78. The number of nitrogens with zero attached hydrogens (tertiary/aromatic N) is 5. The van der Waals surface area contributed by atoms with Crippen LogP contribution in [0.15, 0.2) is 59.6 Å². The highest BCUT2D eigenvalue weighted by molar-refractivity contribution is 7.89. The lowest BCUT2D eigenvalue weighted by atomic mass is 9.49. The zero-order valence-electron chi connectivity index (χ0n) is 21.8. The number of rotatable bonds is 7. The number of nitrogens with one attached hydrogen (secondary N) is 2. The average Bonchev–Trinajstić information content (AvgIpc) is 3.34. The van der Waals surface area contributed by atoms with E-state index >= 15 is 0 Å². The van der Waals surface area contributed by atoms with Crippen molar-refractivity contribution in [2.45, 2.75) is 50.0 Å². The molecule has 4 saturated carbocycles. The molecule has 0 saturated heterocycles. The summed E-state index contributed by atoms with van der Waals surface area (Å²) in [6.07, 6.45) is 8.64. The van der Waals surface area contributed by atoms with E-state index in [0.29, 0.717) is 29.3 Å². The molecule has 8 rings (SSSR count). The number of benzene rings is 2. The highest BCUT2D eigenvalue weighted by Crippen LogP contribution is 2.60. The van der Waals surface area contributed by atoms with Crippen LogP contribution < -0.4 is 15.8 Å². The molecule has 0 unspecified atom stereocenters. The van der Waals surface area contributed by atoms with Crippen LogP contribution in [-0.4, -0.2) is 39.3 Å². The molecule has 12 heteroatoms. The third kappa shape index (κ3) is 4.60. The minimum absolute atomic E-state index is 0.0192. The van der Waals surface area contributed by atoms with Crippen molar-refractivity contribution in [2.75, 3.05) is 5.32 Å². The maximum Gasteiger partial charge on any atom is 0.238 e. The molecule has 4 N–H and O–H groups in total. The van der Waals surface area contributed by atoms with Crippen molar-refractivity contribution in [2.24, 2.45) is 28.3 Å². The maximum atomic E-state index is 13.4. The molecule has 2 heterocycles. The number of carbonyl (C=O) groups is 1. The minimum atomic E-state index is -3.78. The number of carbonyl (C=O) groups excluding carboxylic acids is 1. The van der Waals surface area contributed by atoms with Gasteiger partial charge in [0, 0.05) is 17.6 Å². The number of hydrogen-bond donors (Lipinski definition) is 3. The summed E-state index contributed by atoms with van der Waals surface area (Å²) >= 11 is 0. The molecular weight excluding hydrogens is 528 g/mol. The molecule has 4 fully saturated rings. The number of nitrogens with two attached hydrogens (primary N) is 1. The lowest BCUT2D eigenvalue weighted by Gasteiger charge is -2.55. The summed E-state index contributed by atoms with van der Waals surface area (Å²) in [6.45, 7) is 0.456. The Bertz CT molecular complexity index is 1680. The van der Waals surface area contributed by atoms with E-state index in [1.807, 2.05) is 24.3 Å². The van der Waals surface area contributed by atoms with Gasteiger partial charge in [0.05, 0.1) is 16.8 Å². The second kappa shape index (κ2) is 9.34. The Morgan fingerprint density at radius 2 is 1.73 bits per heavy atom. The number of fused-ring (bicyclic) bond motifs is 1. The Kier molecular flexibility index (Phi) is 5.86. The van der Waals surface area contributed by atoms with Gasteiger partial charge in [-0.25, -0.2) is 18.5 Å². The quantitative estimate of drug-likeness (QED) is 0.311. The molecule has 4 aliphatic carbocycles. The van der Waals surface area contributed by atoms with Gasteiger partial charge in [0.1, 0.15) is 0 Å². The molecule has 0 atom stereocenters. The third-order valence-electron chi connectivity index (χ3n) is 8.76. The van der Waals surface area contributed by atoms with Crippen LogP contribution in [0, 0.1) is 23.2 Å². The van der Waals surface area contributed by atoms with Crippen molar-refractivity contribution >= 4 is 38.7 Å². The van der Waals surface area contributed by atoms with Gasteiger partial charge < -0.3 is 10.6 Å². The molecule has 4 aliphatic rings. The fourth-order valence-corrected chi connectivity index (χ4v) is 7.89. The smallest absolute Gasteiger partial charge is 0.238 e. The molecule has 2 aromatic carbocycles. The first-order valence-corrected chi connectivity index (χ1v) is 15.1. The van der Waals surface area contributed by atoms with Gasteiger partial charge in [-0.15, -0.1) is 5.10 Å². The van der Waals surface area contributed by atoms with Crippen molar-refractivity contribution in [1.29, 1.82) is 0 Å². The van der Waals surface area contributed by atoms with Crippen LogP contribution in [0.5, 0.6) is 0 Å². The number of hydrogen-bond acceptors (Lipinski definition) is 8. The van der Waals surface area contributed by atoms with Gasteiger partial charge in [-0.3, -0.25) is 4.79 Å². The number of anilines is 2. The zero-order valence-corrected chi connectivity index (χ0v) is 22.6. The van der Waals surface area contributed by atoms with Gasteiger partial charge >= 0.3 is 0 Å². The summed E-state index contributed by atoms with van der Waals surface area (Å²) in [4.78, 5) is 22.3. The predicted octanol–water partition coefficient (Wildman–Crippen LogP) is 3.43. The topological polar surface area (TPSA) is 158 Å². The predicted molar refractivity (Wildman–Crippen MR) is 148 cm³/mol. The fraction of sp³-hybridized carbons (Fsp3) is 0.393. The van der Waals surface area contributed by atoms with Crippen molar-refractivity contribution in [3.8, 4) is 5.69 Å². The van der Waals surface area contributed by atoms with Crippen molar-refractivity contribution in [3.63, 3.8) is 0 Å². The summed E-state index contributed by atoms with van der Waals surface area (Å²) in [5, 5.41) is 20.0. The normalized spacial score (nSPS) is 25.3. The first kappa shape index (κ1) is 25.1. The monoisotopic (exact) mass is 558 g/mol. The number of aromatic nitrogens is 5. The number of amides is 1. The van der Waals surface area contributed by atoms with Crippen LogP contribution >= 0.6 is 0 Å². The van der Waals surface area contributed by atoms with E-state index in [-0.39, 0.29) is 16.2 Å². The lowest BCUT2D eigenvalue weighted by molar-refractivity contribution is -0.146.